The predicted octanol–water partition coefficient (Wildman–Crippen LogP) is 1.91. The molecule has 1 N–H and O–H groups in total. The van der Waals surface area contributed by atoms with Gasteiger partial charge in [-0.15, -0.1) is 0 Å². The van der Waals surface area contributed by atoms with Crippen LogP contribution in [0.2, 0.25) is 0 Å². The minimum Gasteiger partial charge on any atom is -0.457 e. The van der Waals surface area contributed by atoms with Crippen LogP contribution in [0, 0.1) is 0 Å². The summed E-state index contributed by atoms with van der Waals surface area (Å²) in [6.07, 6.45) is -4.77. The van der Waals surface area contributed by atoms with E-state index in [1.165, 1.54) is 6.92 Å². The normalized spacial score (nSPS) is 16.1. The van der Waals surface area contributed by atoms with Crippen LogP contribution in [0.25, 0.3) is 0 Å². The standard InChI is InChI=1S/C5H8F3O5P/c1-2-12-4(9)14(10,11)13-3-5(6,7)8/h2-3H2,1H3,(H,10,11). The quantitative estimate of drug-likeness (QED) is 0.754. The molecule has 0 rings (SSSR count). The molecule has 84 valence electrons. The summed E-state index contributed by atoms with van der Waals surface area (Å²) >= 11 is 0. The van der Waals surface area contributed by atoms with Crippen LogP contribution in [0.3, 0.4) is 0 Å². The Labute approximate surface area is 77.3 Å². The minimum atomic E-state index is -4.98. The Morgan fingerprint density at radius 2 is 2.00 bits per heavy atom. The third kappa shape index (κ3) is 5.21. The molecule has 0 saturated carbocycles. The van der Waals surface area contributed by atoms with Crippen LogP contribution in [0.4, 0.5) is 18.0 Å². The van der Waals surface area contributed by atoms with Gasteiger partial charge in [0.15, 0.2) is 6.61 Å². The third-order valence-corrected chi connectivity index (χ3v) is 1.97. The van der Waals surface area contributed by atoms with Gasteiger partial charge < -0.3 is 9.63 Å². The summed E-state index contributed by atoms with van der Waals surface area (Å²) in [5.74, 6) is 0. The van der Waals surface area contributed by atoms with Gasteiger partial charge in [-0.25, -0.2) is 9.36 Å². The van der Waals surface area contributed by atoms with E-state index in [0.717, 1.165) is 0 Å². The number of ether oxygens (including phenoxy) is 1. The summed E-state index contributed by atoms with van der Waals surface area (Å²) < 4.78 is 52.8. The Balaban J connectivity index is 4.21. The number of rotatable bonds is 4. The fourth-order valence-corrected chi connectivity index (χ4v) is 1.14. The SMILES string of the molecule is CCOC(=O)P(=O)(O)OCC(F)(F)F. The first-order valence-corrected chi connectivity index (χ1v) is 4.98. The molecule has 0 saturated heterocycles. The molecule has 1 atom stereocenters. The number of halogens is 3. The highest BCUT2D eigenvalue weighted by Gasteiger charge is 2.38. The molecule has 0 aromatic carbocycles. The molecular formula is C5H8F3O5P. The van der Waals surface area contributed by atoms with Crippen molar-refractivity contribution in [3.05, 3.63) is 0 Å². The second-order valence-corrected chi connectivity index (χ2v) is 3.77. The van der Waals surface area contributed by atoms with Gasteiger partial charge in [0.2, 0.25) is 0 Å². The minimum absolute atomic E-state index is 0.223. The third-order valence-electron chi connectivity index (χ3n) is 0.902. The van der Waals surface area contributed by atoms with Gasteiger partial charge in [0.05, 0.1) is 6.61 Å². The van der Waals surface area contributed by atoms with E-state index < -0.39 is 26.1 Å². The van der Waals surface area contributed by atoms with E-state index >= 15 is 0 Å². The van der Waals surface area contributed by atoms with Crippen LogP contribution >= 0.6 is 7.60 Å². The highest BCUT2D eigenvalue weighted by Crippen LogP contribution is 2.45. The molecule has 0 amide bonds. The van der Waals surface area contributed by atoms with Crippen LogP contribution in [-0.4, -0.2) is 30.0 Å². The van der Waals surface area contributed by atoms with Gasteiger partial charge in [-0.05, 0) is 6.92 Å². The van der Waals surface area contributed by atoms with Crippen molar-refractivity contribution >= 4 is 13.3 Å². The van der Waals surface area contributed by atoms with E-state index in [9.17, 15) is 22.5 Å². The van der Waals surface area contributed by atoms with Gasteiger partial charge in [-0.2, -0.15) is 13.2 Å². The maximum Gasteiger partial charge on any atom is 0.436 e. The summed E-state index contributed by atoms with van der Waals surface area (Å²) in [6.45, 7) is -0.861. The maximum atomic E-state index is 11.5. The number of hydrogen-bond donors (Lipinski definition) is 1. The Bertz CT molecular complexity index is 250. The lowest BCUT2D eigenvalue weighted by molar-refractivity contribution is -0.154. The average molecular weight is 236 g/mol. The first-order valence-electron chi connectivity index (χ1n) is 3.40. The molecule has 0 aromatic rings. The topological polar surface area (TPSA) is 72.8 Å². The maximum absolute atomic E-state index is 11.5. The van der Waals surface area contributed by atoms with Crippen LogP contribution in [0.5, 0.6) is 0 Å². The lowest BCUT2D eigenvalue weighted by Crippen LogP contribution is -2.18. The van der Waals surface area contributed by atoms with E-state index in [0.29, 0.717) is 0 Å². The zero-order chi connectivity index (χ0) is 11.4. The summed E-state index contributed by atoms with van der Waals surface area (Å²) in [4.78, 5) is 19.2. The molecule has 0 aliphatic rings. The Kier molecular flexibility index (Phi) is 4.57. The molecule has 0 heterocycles. The number of alkyl halides is 3. The van der Waals surface area contributed by atoms with Gasteiger partial charge in [0, 0.05) is 0 Å². The van der Waals surface area contributed by atoms with Crippen molar-refractivity contribution in [1.82, 2.24) is 0 Å². The largest absolute Gasteiger partial charge is 0.457 e. The average Bonchev–Trinajstić information content (AvgIpc) is 2.00. The fraction of sp³-hybridized carbons (Fsp3) is 0.800. The van der Waals surface area contributed by atoms with Crippen molar-refractivity contribution in [1.29, 1.82) is 0 Å². The molecule has 0 spiro atoms. The second kappa shape index (κ2) is 4.77. The lowest BCUT2D eigenvalue weighted by Gasteiger charge is -2.11. The summed E-state index contributed by atoms with van der Waals surface area (Å²) in [5, 5.41) is 0. The van der Waals surface area contributed by atoms with Gasteiger partial charge in [-0.3, -0.25) is 4.52 Å². The molecule has 0 aliphatic heterocycles. The Hall–Kier alpha value is -0.590. The monoisotopic (exact) mass is 236 g/mol. The highest BCUT2D eigenvalue weighted by atomic mass is 31.2. The molecule has 5 nitrogen and oxygen atoms in total. The molecule has 0 bridgehead atoms. The molecule has 0 fully saturated rings. The summed E-state index contributed by atoms with van der Waals surface area (Å²) in [6, 6.07) is 0. The Morgan fingerprint density at radius 3 is 2.36 bits per heavy atom. The molecule has 0 aromatic heterocycles. The second-order valence-electron chi connectivity index (χ2n) is 2.11. The Morgan fingerprint density at radius 1 is 1.50 bits per heavy atom. The van der Waals surface area contributed by atoms with Crippen molar-refractivity contribution < 1.29 is 36.7 Å². The zero-order valence-corrected chi connectivity index (χ0v) is 7.97. The van der Waals surface area contributed by atoms with E-state index in [2.05, 4.69) is 9.26 Å². The zero-order valence-electron chi connectivity index (χ0n) is 7.08. The van der Waals surface area contributed by atoms with Crippen molar-refractivity contribution in [2.24, 2.45) is 0 Å². The van der Waals surface area contributed by atoms with E-state index in [4.69, 9.17) is 4.89 Å². The molecule has 14 heavy (non-hydrogen) atoms. The molecule has 0 aliphatic carbocycles. The molecule has 9 heteroatoms. The number of carbonyl (C=O) groups excluding carboxylic acids is 1. The van der Waals surface area contributed by atoms with Crippen LogP contribution in [0.15, 0.2) is 0 Å². The van der Waals surface area contributed by atoms with E-state index in [-0.39, 0.29) is 6.61 Å². The molecular weight excluding hydrogens is 228 g/mol. The predicted molar refractivity (Wildman–Crippen MR) is 38.9 cm³/mol. The first-order chi connectivity index (χ1) is 6.19. The van der Waals surface area contributed by atoms with Crippen molar-refractivity contribution in [3.8, 4) is 0 Å². The summed E-state index contributed by atoms with van der Waals surface area (Å²) in [5.41, 5.74) is -1.69. The van der Waals surface area contributed by atoms with Crippen molar-refractivity contribution in [3.63, 3.8) is 0 Å². The van der Waals surface area contributed by atoms with E-state index in [1.54, 1.807) is 0 Å². The van der Waals surface area contributed by atoms with Crippen LogP contribution in [-0.2, 0) is 13.8 Å². The van der Waals surface area contributed by atoms with E-state index in [1.807, 2.05) is 0 Å². The first kappa shape index (κ1) is 13.4. The summed E-state index contributed by atoms with van der Waals surface area (Å²) in [7, 11) is -4.98. The van der Waals surface area contributed by atoms with Crippen molar-refractivity contribution in [2.45, 2.75) is 13.1 Å². The smallest absolute Gasteiger partial charge is 0.436 e. The number of hydrogen-bond acceptors (Lipinski definition) is 4. The van der Waals surface area contributed by atoms with Gasteiger partial charge in [-0.1, -0.05) is 0 Å². The van der Waals surface area contributed by atoms with Crippen molar-refractivity contribution in [2.75, 3.05) is 13.2 Å². The lowest BCUT2D eigenvalue weighted by atomic mass is 10.7. The van der Waals surface area contributed by atoms with Crippen LogP contribution < -0.4 is 0 Å². The van der Waals surface area contributed by atoms with Gasteiger partial charge in [0.25, 0.3) is 0 Å². The highest BCUT2D eigenvalue weighted by molar-refractivity contribution is 7.70. The fourth-order valence-electron chi connectivity index (χ4n) is 0.418. The number of carbonyl (C=O) groups is 1. The van der Waals surface area contributed by atoms with Gasteiger partial charge in [0.1, 0.15) is 0 Å². The van der Waals surface area contributed by atoms with Gasteiger partial charge >= 0.3 is 19.5 Å². The van der Waals surface area contributed by atoms with Crippen LogP contribution in [0.1, 0.15) is 6.92 Å². The molecule has 1 unspecified atom stereocenters. The molecule has 0 radical (unpaired) electrons.